The molecule has 8 nitrogen and oxygen atoms in total. The summed E-state index contributed by atoms with van der Waals surface area (Å²) in [5, 5.41) is 0. The zero-order valence-corrected chi connectivity index (χ0v) is 23.1. The van der Waals surface area contributed by atoms with Crippen LogP contribution in [-0.4, -0.2) is 46.2 Å². The summed E-state index contributed by atoms with van der Waals surface area (Å²) < 4.78 is 29.2. The lowest BCUT2D eigenvalue weighted by atomic mass is 9.95. The number of nitrogens with zero attached hydrogens (tertiary/aromatic N) is 2. The Labute approximate surface area is 223 Å². The van der Waals surface area contributed by atoms with Crippen molar-refractivity contribution >= 4 is 38.7 Å². The van der Waals surface area contributed by atoms with Gasteiger partial charge in [0.25, 0.3) is 0 Å². The van der Waals surface area contributed by atoms with Crippen molar-refractivity contribution in [3.63, 3.8) is 0 Å². The van der Waals surface area contributed by atoms with E-state index in [2.05, 4.69) is 0 Å². The van der Waals surface area contributed by atoms with E-state index in [1.165, 1.54) is 13.2 Å². The summed E-state index contributed by atoms with van der Waals surface area (Å²) in [4.78, 5) is 30.1. The first-order valence-electron chi connectivity index (χ1n) is 12.4. The molecule has 0 saturated heterocycles. The minimum atomic E-state index is -3.32. The number of hydrogen-bond acceptors (Lipinski definition) is 6. The molecule has 2 amide bonds. The van der Waals surface area contributed by atoms with Gasteiger partial charge in [0, 0.05) is 36.9 Å². The Balaban J connectivity index is 1.73. The summed E-state index contributed by atoms with van der Waals surface area (Å²) in [7, 11) is -1.74. The maximum atomic E-state index is 13.9. The standard InChI is InChI=1S/C29H33N3O5S/c1-18(15-24-25(30)7-6-8-28(24)37-4)29(34)31-17-19(2)32(20(3)33)26-14-11-22(16-27(26)31)21-9-12-23(13-10-21)38(5,35)36/h6-14,16,18-19H,15,17,30H2,1-5H3/t18?,19-/m0/s1. The highest BCUT2D eigenvalue weighted by Gasteiger charge is 2.35. The number of hydrogen-bond donors (Lipinski definition) is 1. The van der Waals surface area contributed by atoms with Crippen LogP contribution in [0.15, 0.2) is 65.6 Å². The summed E-state index contributed by atoms with van der Waals surface area (Å²) in [6.07, 6.45) is 1.57. The number of nitrogens with two attached hydrogens (primary N) is 1. The monoisotopic (exact) mass is 535 g/mol. The Hall–Kier alpha value is -3.85. The van der Waals surface area contributed by atoms with Crippen LogP contribution in [0.4, 0.5) is 17.1 Å². The molecule has 3 aromatic rings. The molecule has 2 atom stereocenters. The molecule has 0 fully saturated rings. The normalized spacial score (nSPS) is 16.1. The van der Waals surface area contributed by atoms with Gasteiger partial charge in [0.1, 0.15) is 5.75 Å². The number of methoxy groups -OCH3 is 1. The molecular weight excluding hydrogens is 502 g/mol. The second kappa shape index (κ2) is 10.5. The van der Waals surface area contributed by atoms with Gasteiger partial charge in [0.2, 0.25) is 11.8 Å². The van der Waals surface area contributed by atoms with Crippen molar-refractivity contribution in [2.75, 3.05) is 35.4 Å². The molecule has 2 N–H and O–H groups in total. The predicted octanol–water partition coefficient (Wildman–Crippen LogP) is 4.31. The van der Waals surface area contributed by atoms with Crippen LogP contribution >= 0.6 is 0 Å². The number of carbonyl (C=O) groups is 2. The highest BCUT2D eigenvalue weighted by molar-refractivity contribution is 7.90. The maximum absolute atomic E-state index is 13.9. The van der Waals surface area contributed by atoms with E-state index in [9.17, 15) is 18.0 Å². The molecule has 1 unspecified atom stereocenters. The van der Waals surface area contributed by atoms with E-state index in [1.807, 2.05) is 44.2 Å². The van der Waals surface area contributed by atoms with Gasteiger partial charge in [-0.05, 0) is 60.9 Å². The second-order valence-electron chi connectivity index (χ2n) is 9.82. The van der Waals surface area contributed by atoms with Gasteiger partial charge < -0.3 is 20.3 Å². The van der Waals surface area contributed by atoms with E-state index in [1.54, 1.807) is 47.2 Å². The first kappa shape index (κ1) is 27.2. The topological polar surface area (TPSA) is 110 Å². The van der Waals surface area contributed by atoms with Crippen LogP contribution in [0.5, 0.6) is 5.75 Å². The molecule has 0 aromatic heterocycles. The third-order valence-corrected chi connectivity index (χ3v) is 8.08. The molecule has 38 heavy (non-hydrogen) atoms. The molecule has 1 aliphatic heterocycles. The number of amides is 2. The fourth-order valence-electron chi connectivity index (χ4n) is 5.04. The third-order valence-electron chi connectivity index (χ3n) is 6.96. The average Bonchev–Trinajstić information content (AvgIpc) is 2.87. The van der Waals surface area contributed by atoms with Gasteiger partial charge in [-0.2, -0.15) is 0 Å². The first-order chi connectivity index (χ1) is 17.9. The van der Waals surface area contributed by atoms with Crippen molar-refractivity contribution in [1.82, 2.24) is 0 Å². The number of rotatable bonds is 6. The molecule has 200 valence electrons. The minimum absolute atomic E-state index is 0.0869. The van der Waals surface area contributed by atoms with Crippen molar-refractivity contribution in [3.8, 4) is 16.9 Å². The second-order valence-corrected chi connectivity index (χ2v) is 11.8. The number of nitrogen functional groups attached to an aromatic ring is 1. The lowest BCUT2D eigenvalue weighted by Crippen LogP contribution is -2.52. The molecule has 3 aromatic carbocycles. The molecular formula is C29H33N3O5S. The van der Waals surface area contributed by atoms with Gasteiger partial charge in [-0.25, -0.2) is 8.42 Å². The molecule has 0 saturated carbocycles. The van der Waals surface area contributed by atoms with Crippen molar-refractivity contribution in [1.29, 1.82) is 0 Å². The first-order valence-corrected chi connectivity index (χ1v) is 14.3. The van der Waals surface area contributed by atoms with Crippen LogP contribution in [0, 0.1) is 5.92 Å². The van der Waals surface area contributed by atoms with Gasteiger partial charge in [0.05, 0.1) is 29.4 Å². The zero-order valence-electron chi connectivity index (χ0n) is 22.3. The highest BCUT2D eigenvalue weighted by Crippen LogP contribution is 2.40. The third kappa shape index (κ3) is 5.24. The Kier molecular flexibility index (Phi) is 7.51. The summed E-state index contributed by atoms with van der Waals surface area (Å²) in [6.45, 7) is 5.64. The largest absolute Gasteiger partial charge is 0.496 e. The SMILES string of the molecule is COc1cccc(N)c1CC(C)C(=O)N1C[C@H](C)N(C(C)=O)c2ccc(-c3ccc(S(C)(=O)=O)cc3)cc21. The Morgan fingerprint density at radius 2 is 1.71 bits per heavy atom. The van der Waals surface area contributed by atoms with Gasteiger partial charge >= 0.3 is 0 Å². The molecule has 1 aliphatic rings. The minimum Gasteiger partial charge on any atom is -0.496 e. The lowest BCUT2D eigenvalue weighted by molar-refractivity contribution is -0.122. The Morgan fingerprint density at radius 1 is 1.05 bits per heavy atom. The number of sulfone groups is 1. The molecule has 0 bridgehead atoms. The van der Waals surface area contributed by atoms with E-state index in [0.29, 0.717) is 35.8 Å². The maximum Gasteiger partial charge on any atom is 0.230 e. The molecule has 9 heteroatoms. The van der Waals surface area contributed by atoms with E-state index in [-0.39, 0.29) is 22.8 Å². The molecule has 4 rings (SSSR count). The average molecular weight is 536 g/mol. The molecule has 1 heterocycles. The number of fused-ring (bicyclic) bond motifs is 1. The fraction of sp³-hybridized carbons (Fsp3) is 0.310. The van der Waals surface area contributed by atoms with Crippen LogP contribution in [0.25, 0.3) is 11.1 Å². The number of carbonyl (C=O) groups excluding carboxylic acids is 2. The Morgan fingerprint density at radius 3 is 2.32 bits per heavy atom. The molecule has 0 spiro atoms. The predicted molar refractivity (Wildman–Crippen MR) is 150 cm³/mol. The van der Waals surface area contributed by atoms with Crippen LogP contribution in [0.3, 0.4) is 0 Å². The van der Waals surface area contributed by atoms with Crippen molar-refractivity contribution in [2.24, 2.45) is 5.92 Å². The highest BCUT2D eigenvalue weighted by atomic mass is 32.2. The van der Waals surface area contributed by atoms with E-state index in [4.69, 9.17) is 10.5 Å². The van der Waals surface area contributed by atoms with E-state index < -0.39 is 15.8 Å². The molecule has 0 aliphatic carbocycles. The van der Waals surface area contributed by atoms with E-state index >= 15 is 0 Å². The summed E-state index contributed by atoms with van der Waals surface area (Å²) in [5.41, 5.74) is 10.5. The number of anilines is 3. The van der Waals surface area contributed by atoms with Crippen molar-refractivity contribution in [3.05, 3.63) is 66.2 Å². The summed E-state index contributed by atoms with van der Waals surface area (Å²) in [6, 6.07) is 17.4. The molecule has 0 radical (unpaired) electrons. The lowest BCUT2D eigenvalue weighted by Gasteiger charge is -2.41. The van der Waals surface area contributed by atoms with Crippen molar-refractivity contribution in [2.45, 2.75) is 38.1 Å². The van der Waals surface area contributed by atoms with E-state index in [0.717, 1.165) is 16.7 Å². The number of benzene rings is 3. The smallest absolute Gasteiger partial charge is 0.230 e. The van der Waals surface area contributed by atoms with Gasteiger partial charge in [0.15, 0.2) is 9.84 Å². The van der Waals surface area contributed by atoms with Crippen LogP contribution in [0.2, 0.25) is 0 Å². The van der Waals surface area contributed by atoms with Gasteiger partial charge in [-0.3, -0.25) is 9.59 Å². The summed E-state index contributed by atoms with van der Waals surface area (Å²) in [5.74, 6) is 0.0389. The van der Waals surface area contributed by atoms with Gasteiger partial charge in [-0.15, -0.1) is 0 Å². The fourth-order valence-corrected chi connectivity index (χ4v) is 5.67. The van der Waals surface area contributed by atoms with Crippen molar-refractivity contribution < 1.29 is 22.7 Å². The van der Waals surface area contributed by atoms with Gasteiger partial charge in [-0.1, -0.05) is 31.2 Å². The Bertz CT molecular complexity index is 1480. The quantitative estimate of drug-likeness (QED) is 0.471. The number of ether oxygens (including phenoxy) is 1. The zero-order chi connectivity index (χ0) is 27.8. The van der Waals surface area contributed by atoms with Crippen LogP contribution in [0.1, 0.15) is 26.3 Å². The van der Waals surface area contributed by atoms with Crippen LogP contribution < -0.4 is 20.3 Å². The summed E-state index contributed by atoms with van der Waals surface area (Å²) >= 11 is 0. The van der Waals surface area contributed by atoms with Crippen LogP contribution in [-0.2, 0) is 25.8 Å².